The van der Waals surface area contributed by atoms with Gasteiger partial charge < -0.3 is 30.7 Å². The maximum atomic E-state index is 13.8. The summed E-state index contributed by atoms with van der Waals surface area (Å²) < 4.78 is 0. The van der Waals surface area contributed by atoms with Crippen LogP contribution in [0.3, 0.4) is 0 Å². The molecular weight excluding hydrogens is 701 g/mol. The fraction of sp³-hybridized carbons (Fsp3) is 0.541. The predicted octanol–water partition coefficient (Wildman–Crippen LogP) is 4.65. The quantitative estimate of drug-likeness (QED) is 0.343. The number of nitrogens with one attached hydrogen (secondary N) is 3. The van der Waals surface area contributed by atoms with E-state index in [1.807, 2.05) is 30.3 Å². The van der Waals surface area contributed by atoms with Crippen molar-refractivity contribution in [1.29, 1.82) is 0 Å². The van der Waals surface area contributed by atoms with E-state index >= 15 is 0 Å². The van der Waals surface area contributed by atoms with Crippen LogP contribution in [0.1, 0.15) is 101 Å². The van der Waals surface area contributed by atoms with Gasteiger partial charge in [-0.25, -0.2) is 14.8 Å². The molecule has 0 aliphatic carbocycles. The molecule has 0 unspecified atom stereocenters. The minimum atomic E-state index is -0.501. The van der Waals surface area contributed by atoms with Crippen LogP contribution in [-0.4, -0.2) is 101 Å². The molecule has 2 aromatic heterocycles. The molecule has 52 heavy (non-hydrogen) atoms. The third-order valence-electron chi connectivity index (χ3n) is 9.27. The van der Waals surface area contributed by atoms with E-state index in [1.54, 1.807) is 39.6 Å². The van der Waals surface area contributed by atoms with Crippen LogP contribution in [0.25, 0.3) is 0 Å². The average Bonchev–Trinajstić information content (AvgIpc) is 3.83. The first-order chi connectivity index (χ1) is 25.0. The zero-order valence-corrected chi connectivity index (χ0v) is 32.1. The van der Waals surface area contributed by atoms with Crippen molar-refractivity contribution in [1.82, 2.24) is 40.6 Å². The van der Waals surface area contributed by atoms with Gasteiger partial charge in [0.05, 0.1) is 12.1 Å². The second kappa shape index (κ2) is 18.4. The number of carbonyl (C=O) groups is 5. The number of carbonyl (C=O) groups excluding carboxylic acids is 5. The third-order valence-corrected chi connectivity index (χ3v) is 11.2. The molecule has 5 rings (SSSR count). The Bertz CT molecular complexity index is 1690. The zero-order chi connectivity index (χ0) is 37.2. The number of nitrogens with zero attached hydrogens (tertiary/aromatic N) is 5. The van der Waals surface area contributed by atoms with Gasteiger partial charge in [0.25, 0.3) is 11.8 Å². The van der Waals surface area contributed by atoms with E-state index in [4.69, 9.17) is 0 Å². The Morgan fingerprint density at radius 1 is 0.846 bits per heavy atom. The molecule has 4 bridgehead atoms. The monoisotopic (exact) mass is 750 g/mol. The van der Waals surface area contributed by atoms with Gasteiger partial charge in [-0.1, -0.05) is 44.2 Å². The lowest BCUT2D eigenvalue weighted by atomic mass is 9.95. The minimum absolute atomic E-state index is 0.0147. The largest absolute Gasteiger partial charge is 0.351 e. The molecule has 3 aromatic rings. The summed E-state index contributed by atoms with van der Waals surface area (Å²) >= 11 is 2.65. The van der Waals surface area contributed by atoms with Gasteiger partial charge in [0.2, 0.25) is 11.8 Å². The molecule has 2 aliphatic rings. The van der Waals surface area contributed by atoms with Crippen LogP contribution in [0.5, 0.6) is 0 Å². The standard InChI is InChI=1S/C37H50N8O5S2/c1-24(2)20-27-34-42-30(23-52-34)33(48)40-28(21-25-10-6-5-7-11-25)35-41-29(22-51-35)32(47)38-15-9-17-44(16-8-12-31(46)39-27)36(49)26-13-18-45(19-14-26)37(50)43(3)4/h5-7,10-11,22-24,26-28H,8-9,12-21H2,1-4H3,(H,38,47)(H,39,46)(H,40,48)/t27-,28-/m0/s1. The van der Waals surface area contributed by atoms with E-state index in [9.17, 15) is 24.0 Å². The topological polar surface area (TPSA) is 157 Å². The van der Waals surface area contributed by atoms with E-state index in [0.717, 1.165) is 5.56 Å². The lowest BCUT2D eigenvalue weighted by molar-refractivity contribution is -0.137. The molecule has 1 saturated heterocycles. The van der Waals surface area contributed by atoms with E-state index in [-0.39, 0.29) is 65.3 Å². The van der Waals surface area contributed by atoms with Gasteiger partial charge in [-0.15, -0.1) is 22.7 Å². The van der Waals surface area contributed by atoms with Crippen LogP contribution in [-0.2, 0) is 16.0 Å². The third kappa shape index (κ3) is 10.6. The van der Waals surface area contributed by atoms with Crippen molar-refractivity contribution >= 4 is 52.3 Å². The smallest absolute Gasteiger partial charge is 0.319 e. The van der Waals surface area contributed by atoms with E-state index in [2.05, 4.69) is 39.8 Å². The second-order valence-electron chi connectivity index (χ2n) is 14.1. The SMILES string of the molecule is CC(C)C[C@@H]1NC(=O)CCCN(C(=O)C2CCN(C(=O)N(C)C)CC2)CCCNC(=O)c2csc(n2)[C@H](Cc2ccccc2)NC(=O)c2csc1n2. The highest BCUT2D eigenvalue weighted by atomic mass is 32.1. The second-order valence-corrected chi connectivity index (χ2v) is 15.9. The Balaban J connectivity index is 1.35. The van der Waals surface area contributed by atoms with Crippen molar-refractivity contribution in [3.63, 3.8) is 0 Å². The Labute approximate surface area is 313 Å². The average molecular weight is 751 g/mol. The molecule has 15 heteroatoms. The zero-order valence-electron chi connectivity index (χ0n) is 30.4. The van der Waals surface area contributed by atoms with Crippen LogP contribution in [0.4, 0.5) is 4.79 Å². The number of hydrogen-bond acceptors (Lipinski definition) is 9. The highest BCUT2D eigenvalue weighted by Crippen LogP contribution is 2.27. The first kappa shape index (κ1) is 38.9. The van der Waals surface area contributed by atoms with Gasteiger partial charge in [0.1, 0.15) is 21.4 Å². The number of amides is 6. The Hall–Kier alpha value is -4.37. The molecule has 2 aliphatic heterocycles. The summed E-state index contributed by atoms with van der Waals surface area (Å²) in [6.07, 6.45) is 3.48. The maximum absolute atomic E-state index is 13.8. The summed E-state index contributed by atoms with van der Waals surface area (Å²) in [5.74, 6) is -0.765. The molecule has 4 heterocycles. The van der Waals surface area contributed by atoms with Crippen molar-refractivity contribution in [3.8, 4) is 0 Å². The maximum Gasteiger partial charge on any atom is 0.319 e. The fourth-order valence-electron chi connectivity index (χ4n) is 6.53. The van der Waals surface area contributed by atoms with Gasteiger partial charge in [-0.3, -0.25) is 19.2 Å². The molecule has 13 nitrogen and oxygen atoms in total. The molecular formula is C37H50N8O5S2. The van der Waals surface area contributed by atoms with E-state index in [0.29, 0.717) is 81.3 Å². The number of benzene rings is 1. The predicted molar refractivity (Wildman–Crippen MR) is 201 cm³/mol. The number of thiazole rings is 2. The van der Waals surface area contributed by atoms with Crippen LogP contribution < -0.4 is 16.0 Å². The first-order valence-electron chi connectivity index (χ1n) is 18.1. The van der Waals surface area contributed by atoms with Crippen molar-refractivity contribution in [3.05, 3.63) is 68.1 Å². The number of piperidine rings is 1. The molecule has 0 radical (unpaired) electrons. The Kier molecular flexibility index (Phi) is 13.8. The van der Waals surface area contributed by atoms with Crippen molar-refractivity contribution < 1.29 is 24.0 Å². The Morgan fingerprint density at radius 3 is 2.13 bits per heavy atom. The summed E-state index contributed by atoms with van der Waals surface area (Å²) in [4.78, 5) is 80.8. The molecule has 1 fully saturated rings. The highest BCUT2D eigenvalue weighted by molar-refractivity contribution is 7.10. The molecule has 2 atom stereocenters. The summed E-state index contributed by atoms with van der Waals surface area (Å²) in [5, 5.41) is 13.8. The summed E-state index contributed by atoms with van der Waals surface area (Å²) in [6.45, 7) is 6.32. The lowest BCUT2D eigenvalue weighted by Gasteiger charge is -2.35. The molecule has 0 saturated carbocycles. The van der Waals surface area contributed by atoms with Gasteiger partial charge in [0, 0.05) is 69.9 Å². The number of urea groups is 1. The number of rotatable bonds is 5. The number of likely N-dealkylation sites (tertiary alicyclic amines) is 1. The van der Waals surface area contributed by atoms with E-state index < -0.39 is 6.04 Å². The van der Waals surface area contributed by atoms with Crippen LogP contribution in [0.15, 0.2) is 41.1 Å². The lowest BCUT2D eigenvalue weighted by Crippen LogP contribution is -2.47. The van der Waals surface area contributed by atoms with E-state index in [1.165, 1.54) is 22.7 Å². The number of fused-ring (bicyclic) bond motifs is 4. The minimum Gasteiger partial charge on any atom is -0.351 e. The van der Waals surface area contributed by atoms with Gasteiger partial charge >= 0.3 is 6.03 Å². The molecule has 0 spiro atoms. The van der Waals surface area contributed by atoms with Gasteiger partial charge in [-0.2, -0.15) is 0 Å². The van der Waals surface area contributed by atoms with Crippen LogP contribution in [0, 0.1) is 11.8 Å². The highest BCUT2D eigenvalue weighted by Gasteiger charge is 2.31. The summed E-state index contributed by atoms with van der Waals surface area (Å²) in [7, 11) is 3.44. The molecule has 6 amide bonds. The van der Waals surface area contributed by atoms with Crippen molar-refractivity contribution in [2.45, 2.75) is 70.9 Å². The van der Waals surface area contributed by atoms with Crippen molar-refractivity contribution in [2.24, 2.45) is 11.8 Å². The molecule has 1 aromatic carbocycles. The van der Waals surface area contributed by atoms with Crippen LogP contribution >= 0.6 is 22.7 Å². The fourth-order valence-corrected chi connectivity index (χ4v) is 8.24. The van der Waals surface area contributed by atoms with Crippen molar-refractivity contribution in [2.75, 3.05) is 46.8 Å². The molecule has 3 N–H and O–H groups in total. The Morgan fingerprint density at radius 2 is 1.48 bits per heavy atom. The van der Waals surface area contributed by atoms with Crippen LogP contribution in [0.2, 0.25) is 0 Å². The molecule has 280 valence electrons. The number of hydrogen-bond donors (Lipinski definition) is 3. The number of aromatic nitrogens is 2. The first-order valence-corrected chi connectivity index (χ1v) is 19.8. The summed E-state index contributed by atoms with van der Waals surface area (Å²) in [6, 6.07) is 8.85. The van der Waals surface area contributed by atoms with Gasteiger partial charge in [0.15, 0.2) is 0 Å². The van der Waals surface area contributed by atoms with Gasteiger partial charge in [-0.05, 0) is 50.0 Å². The summed E-state index contributed by atoms with van der Waals surface area (Å²) in [5.41, 5.74) is 1.53. The normalized spacial score (nSPS) is 20.1.